The van der Waals surface area contributed by atoms with Gasteiger partial charge in [-0.25, -0.2) is 9.67 Å². The van der Waals surface area contributed by atoms with Gasteiger partial charge in [-0.05, 0) is 38.0 Å². The summed E-state index contributed by atoms with van der Waals surface area (Å²) in [5.41, 5.74) is 1.76. The second-order valence-electron chi connectivity index (χ2n) is 6.94. The summed E-state index contributed by atoms with van der Waals surface area (Å²) in [4.78, 5) is 21.6. The lowest BCUT2D eigenvalue weighted by atomic mass is 10.1. The first-order chi connectivity index (χ1) is 11.5. The zero-order chi connectivity index (χ0) is 16.8. The van der Waals surface area contributed by atoms with Gasteiger partial charge in [-0.3, -0.25) is 4.79 Å². The Hall–Kier alpha value is -2.37. The highest BCUT2D eigenvalue weighted by Crippen LogP contribution is 2.39. The number of hydrogen-bond donors (Lipinski definition) is 0. The van der Waals surface area contributed by atoms with Gasteiger partial charge in [-0.2, -0.15) is 5.10 Å². The summed E-state index contributed by atoms with van der Waals surface area (Å²) in [6.07, 6.45) is 2.38. The number of amides is 1. The van der Waals surface area contributed by atoms with Gasteiger partial charge in [-0.15, -0.1) is 0 Å². The quantitative estimate of drug-likeness (QED) is 0.870. The van der Waals surface area contributed by atoms with E-state index >= 15 is 0 Å². The van der Waals surface area contributed by atoms with E-state index in [0.29, 0.717) is 12.5 Å². The van der Waals surface area contributed by atoms with E-state index in [4.69, 9.17) is 4.98 Å². The average Bonchev–Trinajstić information content (AvgIpc) is 3.34. The summed E-state index contributed by atoms with van der Waals surface area (Å²) >= 11 is 0. The highest BCUT2D eigenvalue weighted by molar-refractivity contribution is 5.95. The van der Waals surface area contributed by atoms with Crippen LogP contribution in [0.1, 0.15) is 53.7 Å². The number of aromatic nitrogens is 3. The van der Waals surface area contributed by atoms with E-state index in [9.17, 15) is 4.79 Å². The molecule has 0 radical (unpaired) electrons. The predicted octanol–water partition coefficient (Wildman–Crippen LogP) is 2.44. The lowest BCUT2D eigenvalue weighted by Gasteiger charge is -2.33. The fourth-order valence-electron chi connectivity index (χ4n) is 3.26. The van der Waals surface area contributed by atoms with Crippen molar-refractivity contribution in [3.63, 3.8) is 0 Å². The molecular formula is C18H23N5O. The van der Waals surface area contributed by atoms with Crippen molar-refractivity contribution in [3.8, 4) is 0 Å². The van der Waals surface area contributed by atoms with Crippen molar-refractivity contribution in [2.24, 2.45) is 0 Å². The SMILES string of the molecule is C[C@@H]1c2nc(C3CC3)nn2CCN1C(=O)c1cccc(N(C)C)c1. The standard InChI is InChI=1S/C18H23N5O/c1-12-17-19-16(13-7-8-13)20-23(17)10-9-22(12)18(24)14-5-4-6-15(11-14)21(2)3/h4-6,11-13H,7-10H2,1-3H3/t12-/m1/s1. The van der Waals surface area contributed by atoms with E-state index in [-0.39, 0.29) is 11.9 Å². The Morgan fingerprint density at radius 2 is 2.04 bits per heavy atom. The molecule has 0 spiro atoms. The average molecular weight is 325 g/mol. The van der Waals surface area contributed by atoms with E-state index < -0.39 is 0 Å². The van der Waals surface area contributed by atoms with Crippen LogP contribution in [-0.2, 0) is 6.54 Å². The van der Waals surface area contributed by atoms with Crippen molar-refractivity contribution in [3.05, 3.63) is 41.5 Å². The molecule has 4 rings (SSSR count). The first-order valence-electron chi connectivity index (χ1n) is 8.57. The highest BCUT2D eigenvalue weighted by Gasteiger charge is 2.34. The topological polar surface area (TPSA) is 54.3 Å². The molecule has 1 amide bonds. The molecule has 0 N–H and O–H groups in total. The molecule has 6 nitrogen and oxygen atoms in total. The zero-order valence-corrected chi connectivity index (χ0v) is 14.4. The summed E-state index contributed by atoms with van der Waals surface area (Å²) < 4.78 is 1.98. The fourth-order valence-corrected chi connectivity index (χ4v) is 3.26. The van der Waals surface area contributed by atoms with Gasteiger partial charge in [0.2, 0.25) is 0 Å². The molecular weight excluding hydrogens is 302 g/mol. The number of carbonyl (C=O) groups excluding carboxylic acids is 1. The highest BCUT2D eigenvalue weighted by atomic mass is 16.2. The molecule has 1 aromatic heterocycles. The number of rotatable bonds is 3. The number of fused-ring (bicyclic) bond motifs is 1. The van der Waals surface area contributed by atoms with E-state index in [1.54, 1.807) is 0 Å². The second kappa shape index (κ2) is 5.61. The van der Waals surface area contributed by atoms with Crippen LogP contribution in [0.3, 0.4) is 0 Å². The maximum absolute atomic E-state index is 13.0. The van der Waals surface area contributed by atoms with Gasteiger partial charge < -0.3 is 9.80 Å². The molecule has 0 saturated heterocycles. The van der Waals surface area contributed by atoms with E-state index in [1.807, 2.05) is 59.8 Å². The number of carbonyl (C=O) groups is 1. The minimum absolute atomic E-state index is 0.0470. The van der Waals surface area contributed by atoms with Crippen molar-refractivity contribution in [2.75, 3.05) is 25.5 Å². The molecule has 1 aromatic carbocycles. The molecule has 24 heavy (non-hydrogen) atoms. The van der Waals surface area contributed by atoms with Crippen LogP contribution in [0.2, 0.25) is 0 Å². The minimum Gasteiger partial charge on any atom is -0.378 e. The number of anilines is 1. The maximum Gasteiger partial charge on any atom is 0.254 e. The predicted molar refractivity (Wildman–Crippen MR) is 92.2 cm³/mol. The van der Waals surface area contributed by atoms with Gasteiger partial charge in [0.05, 0.1) is 12.6 Å². The Labute approximate surface area is 142 Å². The summed E-state index contributed by atoms with van der Waals surface area (Å²) in [6.45, 7) is 3.44. The normalized spacial score (nSPS) is 20.0. The van der Waals surface area contributed by atoms with Crippen LogP contribution in [0.5, 0.6) is 0 Å². The van der Waals surface area contributed by atoms with E-state index in [0.717, 1.165) is 29.4 Å². The van der Waals surface area contributed by atoms with Crippen molar-refractivity contribution < 1.29 is 4.79 Å². The molecule has 6 heteroatoms. The molecule has 1 aliphatic carbocycles. The van der Waals surface area contributed by atoms with Crippen LogP contribution in [0, 0.1) is 0 Å². The van der Waals surface area contributed by atoms with Crippen LogP contribution in [0.4, 0.5) is 5.69 Å². The monoisotopic (exact) mass is 325 g/mol. The van der Waals surface area contributed by atoms with Gasteiger partial charge in [0.15, 0.2) is 5.82 Å². The number of benzene rings is 1. The first kappa shape index (κ1) is 15.2. The summed E-state index contributed by atoms with van der Waals surface area (Å²) in [5.74, 6) is 2.48. The van der Waals surface area contributed by atoms with Gasteiger partial charge >= 0.3 is 0 Å². The fraction of sp³-hybridized carbons (Fsp3) is 0.500. The van der Waals surface area contributed by atoms with E-state index in [2.05, 4.69) is 5.10 Å². The molecule has 2 heterocycles. The maximum atomic E-state index is 13.0. The molecule has 1 saturated carbocycles. The number of nitrogens with zero attached hydrogens (tertiary/aromatic N) is 5. The van der Waals surface area contributed by atoms with Gasteiger partial charge in [0.1, 0.15) is 5.82 Å². The summed E-state index contributed by atoms with van der Waals surface area (Å²) in [7, 11) is 3.96. The molecule has 2 aliphatic rings. The number of hydrogen-bond acceptors (Lipinski definition) is 4. The molecule has 126 valence electrons. The van der Waals surface area contributed by atoms with Crippen molar-refractivity contribution >= 4 is 11.6 Å². The molecule has 0 unspecified atom stereocenters. The van der Waals surface area contributed by atoms with Crippen LogP contribution in [-0.4, -0.2) is 46.2 Å². The summed E-state index contributed by atoms with van der Waals surface area (Å²) in [5, 5.41) is 4.63. The van der Waals surface area contributed by atoms with Gasteiger partial charge in [0.25, 0.3) is 5.91 Å². The van der Waals surface area contributed by atoms with Crippen LogP contribution >= 0.6 is 0 Å². The third-order valence-electron chi connectivity index (χ3n) is 4.92. The Balaban J connectivity index is 1.60. The molecule has 0 bridgehead atoms. The smallest absolute Gasteiger partial charge is 0.254 e. The Kier molecular flexibility index (Phi) is 3.55. The molecule has 1 fully saturated rings. The van der Waals surface area contributed by atoms with Gasteiger partial charge in [-0.1, -0.05) is 6.07 Å². The largest absolute Gasteiger partial charge is 0.378 e. The van der Waals surface area contributed by atoms with Gasteiger partial charge in [0, 0.05) is 37.8 Å². The minimum atomic E-state index is -0.0470. The zero-order valence-electron chi connectivity index (χ0n) is 14.4. The van der Waals surface area contributed by atoms with Crippen LogP contribution in [0.25, 0.3) is 0 Å². The van der Waals surface area contributed by atoms with Crippen LogP contribution in [0.15, 0.2) is 24.3 Å². The third kappa shape index (κ3) is 2.56. The third-order valence-corrected chi connectivity index (χ3v) is 4.92. The van der Waals surface area contributed by atoms with Crippen molar-refractivity contribution in [2.45, 2.75) is 38.3 Å². The molecule has 2 aromatic rings. The van der Waals surface area contributed by atoms with E-state index in [1.165, 1.54) is 12.8 Å². The Morgan fingerprint density at radius 3 is 2.75 bits per heavy atom. The molecule has 1 aliphatic heterocycles. The lowest BCUT2D eigenvalue weighted by molar-refractivity contribution is 0.0631. The van der Waals surface area contributed by atoms with Crippen molar-refractivity contribution in [1.29, 1.82) is 0 Å². The second-order valence-corrected chi connectivity index (χ2v) is 6.94. The lowest BCUT2D eigenvalue weighted by Crippen LogP contribution is -2.41. The van der Waals surface area contributed by atoms with Crippen LogP contribution < -0.4 is 4.90 Å². The molecule has 1 atom stereocenters. The Morgan fingerprint density at radius 1 is 1.25 bits per heavy atom. The summed E-state index contributed by atoms with van der Waals surface area (Å²) in [6, 6.07) is 7.73. The first-order valence-corrected chi connectivity index (χ1v) is 8.57. The van der Waals surface area contributed by atoms with Crippen molar-refractivity contribution in [1.82, 2.24) is 19.7 Å². The Bertz CT molecular complexity index is 777.